The largest absolute Gasteiger partial charge is 0.489 e. The molecule has 1 aromatic rings. The Hall–Kier alpha value is -0.620. The molecule has 0 saturated heterocycles. The van der Waals surface area contributed by atoms with Crippen molar-refractivity contribution in [3.05, 3.63) is 28.5 Å². The van der Waals surface area contributed by atoms with Gasteiger partial charge in [-0.2, -0.15) is 0 Å². The van der Waals surface area contributed by atoms with E-state index in [2.05, 4.69) is 15.9 Å². The molecule has 0 fully saturated rings. The Morgan fingerprint density at radius 1 is 1.47 bits per heavy atom. The molecule has 0 amide bonds. The Kier molecular flexibility index (Phi) is 4.10. The van der Waals surface area contributed by atoms with Crippen LogP contribution in [0, 0.1) is 5.82 Å². The molecule has 15 heavy (non-hydrogen) atoms. The molecule has 0 heterocycles. The molecule has 0 unspecified atom stereocenters. The number of ether oxygens (including phenoxy) is 1. The zero-order valence-corrected chi connectivity index (χ0v) is 10.4. The highest BCUT2D eigenvalue weighted by Gasteiger charge is 2.06. The van der Waals surface area contributed by atoms with Crippen LogP contribution in [0.15, 0.2) is 22.7 Å². The number of halogens is 2. The van der Waals surface area contributed by atoms with E-state index in [9.17, 15) is 12.8 Å². The van der Waals surface area contributed by atoms with Crippen LogP contribution in [-0.4, -0.2) is 27.0 Å². The molecule has 84 valence electrons. The van der Waals surface area contributed by atoms with Crippen molar-refractivity contribution in [1.82, 2.24) is 0 Å². The fraction of sp³-hybridized carbons (Fsp3) is 0.333. The number of benzene rings is 1. The highest BCUT2D eigenvalue weighted by Crippen LogP contribution is 2.22. The lowest BCUT2D eigenvalue weighted by atomic mass is 10.3. The summed E-state index contributed by atoms with van der Waals surface area (Å²) in [5.74, 6) is -0.585. The SMILES string of the molecule is CS(=O)(=O)CCOc1cc(Br)ccc1F. The van der Waals surface area contributed by atoms with E-state index in [1.807, 2.05) is 0 Å². The highest BCUT2D eigenvalue weighted by molar-refractivity contribution is 9.10. The van der Waals surface area contributed by atoms with Gasteiger partial charge >= 0.3 is 0 Å². The lowest BCUT2D eigenvalue weighted by Crippen LogP contribution is -2.12. The van der Waals surface area contributed by atoms with Gasteiger partial charge in [-0.15, -0.1) is 0 Å². The van der Waals surface area contributed by atoms with Crippen molar-refractivity contribution in [2.24, 2.45) is 0 Å². The first-order chi connectivity index (χ1) is 6.88. The lowest BCUT2D eigenvalue weighted by molar-refractivity contribution is 0.322. The number of rotatable bonds is 4. The average Bonchev–Trinajstić information content (AvgIpc) is 2.09. The van der Waals surface area contributed by atoms with Crippen molar-refractivity contribution in [1.29, 1.82) is 0 Å². The maximum Gasteiger partial charge on any atom is 0.165 e. The van der Waals surface area contributed by atoms with Crippen molar-refractivity contribution < 1.29 is 17.5 Å². The lowest BCUT2D eigenvalue weighted by Gasteiger charge is -2.06. The van der Waals surface area contributed by atoms with E-state index in [4.69, 9.17) is 4.74 Å². The molecule has 1 rings (SSSR count). The van der Waals surface area contributed by atoms with Crippen LogP contribution in [0.5, 0.6) is 5.75 Å². The zero-order chi connectivity index (χ0) is 11.5. The van der Waals surface area contributed by atoms with Gasteiger partial charge < -0.3 is 4.74 Å². The third-order valence-corrected chi connectivity index (χ3v) is 3.01. The highest BCUT2D eigenvalue weighted by atomic mass is 79.9. The molecule has 0 aliphatic carbocycles. The normalized spacial score (nSPS) is 11.4. The Morgan fingerprint density at radius 2 is 2.13 bits per heavy atom. The second-order valence-electron chi connectivity index (χ2n) is 3.05. The summed E-state index contributed by atoms with van der Waals surface area (Å²) in [6, 6.07) is 4.25. The van der Waals surface area contributed by atoms with Crippen LogP contribution in [0.1, 0.15) is 0 Å². The summed E-state index contributed by atoms with van der Waals surface area (Å²) in [5, 5.41) is 0. The Bertz CT molecular complexity index is 445. The molecular weight excluding hydrogens is 287 g/mol. The van der Waals surface area contributed by atoms with E-state index >= 15 is 0 Å². The summed E-state index contributed by atoms with van der Waals surface area (Å²) in [6.07, 6.45) is 1.10. The minimum atomic E-state index is -3.08. The van der Waals surface area contributed by atoms with Crippen molar-refractivity contribution >= 4 is 25.8 Å². The van der Waals surface area contributed by atoms with Crippen molar-refractivity contribution in [2.75, 3.05) is 18.6 Å². The van der Waals surface area contributed by atoms with Crippen LogP contribution in [0.2, 0.25) is 0 Å². The van der Waals surface area contributed by atoms with Crippen LogP contribution in [0.4, 0.5) is 4.39 Å². The van der Waals surface area contributed by atoms with Gasteiger partial charge in [-0.3, -0.25) is 0 Å². The quantitative estimate of drug-likeness (QED) is 0.854. The molecule has 0 spiro atoms. The molecule has 1 aromatic carbocycles. The minimum Gasteiger partial charge on any atom is -0.489 e. The maximum atomic E-state index is 13.1. The van der Waals surface area contributed by atoms with Crippen LogP contribution in [0.3, 0.4) is 0 Å². The van der Waals surface area contributed by atoms with Crippen molar-refractivity contribution in [2.45, 2.75) is 0 Å². The monoisotopic (exact) mass is 296 g/mol. The third kappa shape index (κ3) is 4.61. The van der Waals surface area contributed by atoms with Gasteiger partial charge in [0.15, 0.2) is 21.4 Å². The van der Waals surface area contributed by atoms with Gasteiger partial charge in [-0.05, 0) is 18.2 Å². The van der Waals surface area contributed by atoms with Crippen LogP contribution < -0.4 is 4.74 Å². The Labute approximate surface area is 96.3 Å². The number of hydrogen-bond donors (Lipinski definition) is 0. The fourth-order valence-corrected chi connectivity index (χ4v) is 1.62. The molecule has 0 aromatic heterocycles. The first-order valence-corrected chi connectivity index (χ1v) is 6.99. The molecule has 0 atom stereocenters. The molecule has 0 aliphatic rings. The predicted molar refractivity (Wildman–Crippen MR) is 59.3 cm³/mol. The van der Waals surface area contributed by atoms with Crippen LogP contribution >= 0.6 is 15.9 Å². The minimum absolute atomic E-state index is 0.0491. The molecule has 3 nitrogen and oxygen atoms in total. The molecule has 0 saturated carbocycles. The van der Waals surface area contributed by atoms with Gasteiger partial charge in [0.05, 0.1) is 5.75 Å². The van der Waals surface area contributed by atoms with Gasteiger partial charge in [0.1, 0.15) is 6.61 Å². The topological polar surface area (TPSA) is 43.4 Å². The Balaban J connectivity index is 2.61. The summed E-state index contributed by atoms with van der Waals surface area (Å²) in [6.45, 7) is -0.0494. The fourth-order valence-electron chi connectivity index (χ4n) is 0.891. The van der Waals surface area contributed by atoms with E-state index in [1.165, 1.54) is 12.1 Å². The van der Waals surface area contributed by atoms with E-state index < -0.39 is 15.7 Å². The second kappa shape index (κ2) is 4.94. The first-order valence-electron chi connectivity index (χ1n) is 4.14. The van der Waals surface area contributed by atoms with Crippen molar-refractivity contribution in [3.8, 4) is 5.75 Å². The zero-order valence-electron chi connectivity index (χ0n) is 8.04. The number of sulfone groups is 1. The van der Waals surface area contributed by atoms with Gasteiger partial charge in [-0.1, -0.05) is 15.9 Å². The first kappa shape index (κ1) is 12.4. The summed E-state index contributed by atoms with van der Waals surface area (Å²) in [5.41, 5.74) is 0. The van der Waals surface area contributed by atoms with E-state index in [-0.39, 0.29) is 18.1 Å². The van der Waals surface area contributed by atoms with Crippen LogP contribution in [-0.2, 0) is 9.84 Å². The summed E-state index contributed by atoms with van der Waals surface area (Å²) in [7, 11) is -3.08. The summed E-state index contributed by atoms with van der Waals surface area (Å²) >= 11 is 3.16. The van der Waals surface area contributed by atoms with Gasteiger partial charge in [0.2, 0.25) is 0 Å². The third-order valence-electron chi connectivity index (χ3n) is 1.60. The van der Waals surface area contributed by atoms with Gasteiger partial charge in [-0.25, -0.2) is 12.8 Å². The molecule has 0 bridgehead atoms. The summed E-state index contributed by atoms with van der Waals surface area (Å²) in [4.78, 5) is 0. The van der Waals surface area contributed by atoms with Crippen molar-refractivity contribution in [3.63, 3.8) is 0 Å². The smallest absolute Gasteiger partial charge is 0.165 e. The predicted octanol–water partition coefficient (Wildman–Crippen LogP) is 2.01. The van der Waals surface area contributed by atoms with E-state index in [0.717, 1.165) is 6.26 Å². The average molecular weight is 297 g/mol. The maximum absolute atomic E-state index is 13.1. The number of hydrogen-bond acceptors (Lipinski definition) is 3. The van der Waals surface area contributed by atoms with Gasteiger partial charge in [0.25, 0.3) is 0 Å². The molecule has 0 radical (unpaired) electrons. The van der Waals surface area contributed by atoms with Gasteiger partial charge in [0, 0.05) is 10.7 Å². The molecule has 0 aliphatic heterocycles. The second-order valence-corrected chi connectivity index (χ2v) is 6.23. The van der Waals surface area contributed by atoms with E-state index in [1.54, 1.807) is 6.07 Å². The summed E-state index contributed by atoms with van der Waals surface area (Å²) < 4.78 is 40.4. The molecular formula is C9H10BrFO3S. The molecule has 6 heteroatoms. The Morgan fingerprint density at radius 3 is 2.73 bits per heavy atom. The standard InChI is InChI=1S/C9H10BrFO3S/c1-15(12,13)5-4-14-9-6-7(10)2-3-8(9)11/h2-3,6H,4-5H2,1H3. The molecule has 0 N–H and O–H groups in total. The van der Waals surface area contributed by atoms with Crippen LogP contribution in [0.25, 0.3) is 0 Å². The van der Waals surface area contributed by atoms with E-state index in [0.29, 0.717) is 4.47 Å².